The molecule has 1 atom stereocenters. The summed E-state index contributed by atoms with van der Waals surface area (Å²) >= 11 is 0. The summed E-state index contributed by atoms with van der Waals surface area (Å²) in [5.41, 5.74) is 0. The molecule has 0 aliphatic rings. The van der Waals surface area contributed by atoms with Crippen LogP contribution in [0, 0.1) is 0 Å². The second-order valence-electron chi connectivity index (χ2n) is 21.3. The Hall–Kier alpha value is -2.37. The fraction of sp³-hybridized carbons (Fsp3) is 0.862. The molecule has 6 heteroatoms. The van der Waals surface area contributed by atoms with E-state index >= 15 is 0 Å². The van der Waals surface area contributed by atoms with Gasteiger partial charge in [-0.2, -0.15) is 0 Å². The van der Waals surface area contributed by atoms with Gasteiger partial charge in [0.2, 0.25) is 0 Å². The maximum atomic E-state index is 12.8. The fourth-order valence-electron chi connectivity index (χ4n) is 9.34. The number of rotatable bonds is 58. The maximum Gasteiger partial charge on any atom is 0.306 e. The summed E-state index contributed by atoms with van der Waals surface area (Å²) < 4.78 is 16.9. The van der Waals surface area contributed by atoms with Gasteiger partial charge < -0.3 is 14.2 Å². The average molecular weight is 998 g/mol. The molecule has 0 spiro atoms. The summed E-state index contributed by atoms with van der Waals surface area (Å²) in [7, 11) is 0. The van der Waals surface area contributed by atoms with Crippen LogP contribution in [-0.2, 0) is 28.6 Å². The minimum atomic E-state index is -0.775. The van der Waals surface area contributed by atoms with E-state index in [1.807, 2.05) is 0 Å². The molecule has 0 heterocycles. The lowest BCUT2D eigenvalue weighted by Crippen LogP contribution is -2.30. The Kier molecular flexibility index (Phi) is 58.2. The molecule has 0 saturated heterocycles. The molecule has 1 unspecified atom stereocenters. The van der Waals surface area contributed by atoms with E-state index in [9.17, 15) is 14.4 Å². The molecule has 0 fully saturated rings. The second kappa shape index (κ2) is 60.2. The molecule has 0 saturated carbocycles. The van der Waals surface area contributed by atoms with Gasteiger partial charge in [0.05, 0.1) is 0 Å². The Bertz CT molecular complexity index is 1190. The first-order chi connectivity index (χ1) is 35.0. The van der Waals surface area contributed by atoms with Gasteiger partial charge in [0.1, 0.15) is 13.2 Å². The number of ether oxygens (including phenoxy) is 3. The van der Waals surface area contributed by atoms with E-state index in [0.717, 1.165) is 83.5 Å². The van der Waals surface area contributed by atoms with Crippen LogP contribution in [0.3, 0.4) is 0 Å². The number of allylic oxidation sites excluding steroid dienone is 6. The van der Waals surface area contributed by atoms with E-state index in [1.54, 1.807) is 0 Å². The predicted molar refractivity (Wildman–Crippen MR) is 307 cm³/mol. The topological polar surface area (TPSA) is 78.9 Å². The van der Waals surface area contributed by atoms with Gasteiger partial charge in [0.15, 0.2) is 6.10 Å². The van der Waals surface area contributed by atoms with E-state index in [4.69, 9.17) is 14.2 Å². The standard InChI is InChI=1S/C65H120O6/c1-4-7-10-13-16-19-22-24-26-27-28-29-30-31-32-33-34-35-36-37-38-39-40-42-43-46-49-52-55-58-64(67)70-61-62(60-69-63(66)57-54-51-48-45-21-18-15-12-9-6-3)71-65(68)59-56-53-50-47-44-41-25-23-20-17-14-11-8-5-2/h14,17,23,25,27-28,62H,4-13,15-16,18-22,24,26,29-61H2,1-3H3/b17-14-,25-23-,28-27-. The molecule has 6 nitrogen and oxygen atoms in total. The van der Waals surface area contributed by atoms with Gasteiger partial charge in [-0.1, -0.05) is 288 Å². The van der Waals surface area contributed by atoms with E-state index < -0.39 is 6.10 Å². The highest BCUT2D eigenvalue weighted by Crippen LogP contribution is 2.17. The van der Waals surface area contributed by atoms with E-state index in [-0.39, 0.29) is 31.1 Å². The summed E-state index contributed by atoms with van der Waals surface area (Å²) in [6, 6.07) is 0. The van der Waals surface area contributed by atoms with Crippen molar-refractivity contribution in [3.05, 3.63) is 36.5 Å². The molecule has 0 radical (unpaired) electrons. The molecule has 416 valence electrons. The molecule has 0 aromatic carbocycles. The number of hydrogen-bond donors (Lipinski definition) is 0. The molecule has 0 aromatic heterocycles. The number of unbranched alkanes of at least 4 members (excludes halogenated alkanes) is 41. The van der Waals surface area contributed by atoms with Crippen molar-refractivity contribution < 1.29 is 28.6 Å². The van der Waals surface area contributed by atoms with Gasteiger partial charge >= 0.3 is 17.9 Å². The lowest BCUT2D eigenvalue weighted by atomic mass is 10.0. The van der Waals surface area contributed by atoms with Gasteiger partial charge in [-0.25, -0.2) is 0 Å². The Morgan fingerprint density at radius 2 is 0.521 bits per heavy atom. The SMILES string of the molecule is CCCC/C=C\C/C=C\CCCCCCCC(=O)OC(COC(=O)CCCCCCCCCCCC)COC(=O)CCCCCCCCCCCCCCCCCCC/C=C\CCCCCCCCCC. The van der Waals surface area contributed by atoms with Crippen molar-refractivity contribution in [2.75, 3.05) is 13.2 Å². The number of carbonyl (C=O) groups is 3. The van der Waals surface area contributed by atoms with Crippen LogP contribution in [0.25, 0.3) is 0 Å². The maximum absolute atomic E-state index is 12.8. The summed E-state index contributed by atoms with van der Waals surface area (Å²) in [6.07, 6.45) is 73.1. The molecule has 0 rings (SSSR count). The Morgan fingerprint density at radius 1 is 0.282 bits per heavy atom. The van der Waals surface area contributed by atoms with E-state index in [1.165, 1.54) is 218 Å². The highest BCUT2D eigenvalue weighted by Gasteiger charge is 2.19. The first-order valence-electron chi connectivity index (χ1n) is 31.5. The molecule has 0 aliphatic heterocycles. The predicted octanol–water partition coefficient (Wildman–Crippen LogP) is 21.2. The summed E-state index contributed by atoms with van der Waals surface area (Å²) in [5.74, 6) is -0.871. The van der Waals surface area contributed by atoms with Gasteiger partial charge in [-0.15, -0.1) is 0 Å². The smallest absolute Gasteiger partial charge is 0.306 e. The number of esters is 3. The van der Waals surface area contributed by atoms with Crippen molar-refractivity contribution in [2.45, 2.75) is 348 Å². The van der Waals surface area contributed by atoms with Crippen molar-refractivity contribution in [2.24, 2.45) is 0 Å². The summed E-state index contributed by atoms with van der Waals surface area (Å²) in [4.78, 5) is 38.1. The normalized spacial score (nSPS) is 12.2. The molecular weight excluding hydrogens is 877 g/mol. The molecule has 71 heavy (non-hydrogen) atoms. The highest BCUT2D eigenvalue weighted by atomic mass is 16.6. The zero-order valence-corrected chi connectivity index (χ0v) is 47.8. The number of hydrogen-bond acceptors (Lipinski definition) is 6. The molecule has 0 bridgehead atoms. The van der Waals surface area contributed by atoms with Gasteiger partial charge in [0, 0.05) is 19.3 Å². The Balaban J connectivity index is 4.09. The molecule has 0 amide bonds. The van der Waals surface area contributed by atoms with Crippen LogP contribution in [0.1, 0.15) is 342 Å². The van der Waals surface area contributed by atoms with Crippen LogP contribution < -0.4 is 0 Å². The zero-order chi connectivity index (χ0) is 51.4. The quantitative estimate of drug-likeness (QED) is 0.0261. The highest BCUT2D eigenvalue weighted by molar-refractivity contribution is 5.71. The van der Waals surface area contributed by atoms with Crippen LogP contribution in [0.4, 0.5) is 0 Å². The van der Waals surface area contributed by atoms with Crippen LogP contribution in [0.2, 0.25) is 0 Å². The lowest BCUT2D eigenvalue weighted by Gasteiger charge is -2.18. The van der Waals surface area contributed by atoms with Crippen LogP contribution in [-0.4, -0.2) is 37.2 Å². The fourth-order valence-corrected chi connectivity index (χ4v) is 9.34. The van der Waals surface area contributed by atoms with Crippen molar-refractivity contribution in [3.63, 3.8) is 0 Å². The molecular formula is C65H120O6. The molecule has 0 N–H and O–H groups in total. The molecule has 0 aromatic rings. The summed E-state index contributed by atoms with van der Waals surface area (Å²) in [5, 5.41) is 0. The number of carbonyl (C=O) groups excluding carboxylic acids is 3. The van der Waals surface area contributed by atoms with Gasteiger partial charge in [0.25, 0.3) is 0 Å². The van der Waals surface area contributed by atoms with Crippen molar-refractivity contribution in [1.29, 1.82) is 0 Å². The van der Waals surface area contributed by atoms with Crippen LogP contribution in [0.5, 0.6) is 0 Å². The third kappa shape index (κ3) is 58.4. The molecule has 0 aliphatic carbocycles. The largest absolute Gasteiger partial charge is 0.462 e. The minimum absolute atomic E-state index is 0.0735. The van der Waals surface area contributed by atoms with Crippen LogP contribution in [0.15, 0.2) is 36.5 Å². The van der Waals surface area contributed by atoms with Crippen molar-refractivity contribution >= 4 is 17.9 Å². The third-order valence-electron chi connectivity index (χ3n) is 14.1. The average Bonchev–Trinajstić information content (AvgIpc) is 3.37. The Morgan fingerprint density at radius 3 is 0.831 bits per heavy atom. The van der Waals surface area contributed by atoms with Gasteiger partial charge in [-0.3, -0.25) is 14.4 Å². The second-order valence-corrected chi connectivity index (χ2v) is 21.3. The van der Waals surface area contributed by atoms with Gasteiger partial charge in [-0.05, 0) is 70.6 Å². The van der Waals surface area contributed by atoms with Crippen molar-refractivity contribution in [1.82, 2.24) is 0 Å². The first-order valence-corrected chi connectivity index (χ1v) is 31.5. The Labute approximate surface area is 442 Å². The van der Waals surface area contributed by atoms with E-state index in [2.05, 4.69) is 57.2 Å². The summed E-state index contributed by atoms with van der Waals surface area (Å²) in [6.45, 7) is 6.62. The zero-order valence-electron chi connectivity index (χ0n) is 47.8. The van der Waals surface area contributed by atoms with E-state index in [0.29, 0.717) is 19.3 Å². The van der Waals surface area contributed by atoms with Crippen LogP contribution >= 0.6 is 0 Å². The minimum Gasteiger partial charge on any atom is -0.462 e. The first kappa shape index (κ1) is 68.6. The monoisotopic (exact) mass is 997 g/mol. The third-order valence-corrected chi connectivity index (χ3v) is 14.1. The lowest BCUT2D eigenvalue weighted by molar-refractivity contribution is -0.167. The van der Waals surface area contributed by atoms with Crippen molar-refractivity contribution in [3.8, 4) is 0 Å².